The van der Waals surface area contributed by atoms with Crippen LogP contribution in [0.3, 0.4) is 0 Å². The number of nitrogens with zero attached hydrogens (tertiary/aromatic N) is 2. The molecule has 108 valence electrons. The number of hydrogen-bond donors (Lipinski definition) is 1. The SMILES string of the molecule is O=C(O)c1ccnc(Oc2ccc(Br)cc2[N+](=O)[O-])c1Cl. The van der Waals surface area contributed by atoms with E-state index in [9.17, 15) is 14.9 Å². The van der Waals surface area contributed by atoms with Gasteiger partial charge in [-0.3, -0.25) is 10.1 Å². The zero-order valence-corrected chi connectivity index (χ0v) is 12.5. The van der Waals surface area contributed by atoms with Gasteiger partial charge in [0.1, 0.15) is 5.02 Å². The number of nitro groups is 1. The monoisotopic (exact) mass is 372 g/mol. The Balaban J connectivity index is 2.46. The lowest BCUT2D eigenvalue weighted by atomic mass is 10.2. The molecule has 9 heteroatoms. The second-order valence-electron chi connectivity index (χ2n) is 3.75. The van der Waals surface area contributed by atoms with Crippen LogP contribution in [0.4, 0.5) is 5.69 Å². The molecule has 2 aromatic rings. The van der Waals surface area contributed by atoms with Gasteiger partial charge in [-0.2, -0.15) is 0 Å². The summed E-state index contributed by atoms with van der Waals surface area (Å²) in [5.74, 6) is -1.57. The van der Waals surface area contributed by atoms with Crippen molar-refractivity contribution in [3.8, 4) is 11.6 Å². The van der Waals surface area contributed by atoms with Crippen LogP contribution in [-0.2, 0) is 0 Å². The van der Waals surface area contributed by atoms with Crippen LogP contribution in [0.1, 0.15) is 10.4 Å². The topological polar surface area (TPSA) is 103 Å². The maximum Gasteiger partial charge on any atom is 0.337 e. The Morgan fingerprint density at radius 3 is 2.76 bits per heavy atom. The molecule has 0 saturated carbocycles. The van der Waals surface area contributed by atoms with Gasteiger partial charge in [0.2, 0.25) is 11.6 Å². The summed E-state index contributed by atoms with van der Waals surface area (Å²) in [7, 11) is 0. The molecule has 0 spiro atoms. The van der Waals surface area contributed by atoms with Gasteiger partial charge in [-0.15, -0.1) is 0 Å². The molecule has 1 N–H and O–H groups in total. The molecule has 0 aliphatic rings. The van der Waals surface area contributed by atoms with Crippen molar-refractivity contribution < 1.29 is 19.6 Å². The van der Waals surface area contributed by atoms with Gasteiger partial charge in [0, 0.05) is 16.7 Å². The van der Waals surface area contributed by atoms with Crippen molar-refractivity contribution >= 4 is 39.2 Å². The minimum absolute atomic E-state index is 0.0971. The van der Waals surface area contributed by atoms with Crippen molar-refractivity contribution in [2.24, 2.45) is 0 Å². The molecule has 0 aliphatic carbocycles. The molecule has 0 unspecified atom stereocenters. The Morgan fingerprint density at radius 1 is 1.43 bits per heavy atom. The molecule has 7 nitrogen and oxygen atoms in total. The van der Waals surface area contributed by atoms with E-state index in [0.717, 1.165) is 0 Å². The Labute approximate surface area is 131 Å². The normalized spacial score (nSPS) is 10.2. The molecular formula is C12H6BrClN2O5. The third-order valence-corrected chi connectivity index (χ3v) is 3.27. The molecule has 0 radical (unpaired) electrons. The minimum atomic E-state index is -1.25. The van der Waals surface area contributed by atoms with E-state index in [1.807, 2.05) is 0 Å². The van der Waals surface area contributed by atoms with Gasteiger partial charge in [0.05, 0.1) is 10.5 Å². The Bertz CT molecular complexity index is 738. The lowest BCUT2D eigenvalue weighted by Gasteiger charge is -2.08. The van der Waals surface area contributed by atoms with Gasteiger partial charge in [-0.25, -0.2) is 9.78 Å². The highest BCUT2D eigenvalue weighted by atomic mass is 79.9. The van der Waals surface area contributed by atoms with E-state index in [1.165, 1.54) is 30.5 Å². The maximum atomic E-state index is 11.0. The van der Waals surface area contributed by atoms with Crippen LogP contribution in [0.5, 0.6) is 11.6 Å². The summed E-state index contributed by atoms with van der Waals surface area (Å²) in [6.45, 7) is 0. The number of rotatable bonds is 4. The third kappa shape index (κ3) is 3.29. The molecule has 0 bridgehead atoms. The van der Waals surface area contributed by atoms with Crippen molar-refractivity contribution in [1.82, 2.24) is 4.98 Å². The van der Waals surface area contributed by atoms with Gasteiger partial charge in [0.25, 0.3) is 0 Å². The number of carboxylic acids is 1. The maximum absolute atomic E-state index is 11.0. The number of benzene rings is 1. The molecule has 2 rings (SSSR count). The lowest BCUT2D eigenvalue weighted by Crippen LogP contribution is -2.01. The molecular weight excluding hydrogens is 367 g/mol. The van der Waals surface area contributed by atoms with Crippen molar-refractivity contribution in [2.75, 3.05) is 0 Å². The van der Waals surface area contributed by atoms with Crippen LogP contribution >= 0.6 is 27.5 Å². The van der Waals surface area contributed by atoms with Crippen molar-refractivity contribution in [3.63, 3.8) is 0 Å². The first-order valence-electron chi connectivity index (χ1n) is 5.39. The van der Waals surface area contributed by atoms with E-state index in [2.05, 4.69) is 20.9 Å². The average Bonchev–Trinajstić information content (AvgIpc) is 2.42. The van der Waals surface area contributed by atoms with E-state index in [0.29, 0.717) is 4.47 Å². The van der Waals surface area contributed by atoms with Crippen molar-refractivity contribution in [2.45, 2.75) is 0 Å². The van der Waals surface area contributed by atoms with E-state index in [-0.39, 0.29) is 27.9 Å². The molecule has 0 atom stereocenters. The largest absolute Gasteiger partial charge is 0.478 e. The van der Waals surface area contributed by atoms with Crippen LogP contribution in [0.25, 0.3) is 0 Å². The number of hydrogen-bond acceptors (Lipinski definition) is 5. The van der Waals surface area contributed by atoms with E-state index in [1.54, 1.807) is 0 Å². The molecule has 0 aliphatic heterocycles. The molecule has 21 heavy (non-hydrogen) atoms. The van der Waals surface area contributed by atoms with Gasteiger partial charge in [-0.05, 0) is 18.2 Å². The first-order chi connectivity index (χ1) is 9.90. The summed E-state index contributed by atoms with van der Waals surface area (Å²) in [5, 5.41) is 19.7. The second kappa shape index (κ2) is 6.06. The number of aromatic nitrogens is 1. The van der Waals surface area contributed by atoms with Crippen LogP contribution in [0, 0.1) is 10.1 Å². The number of nitro benzene ring substituents is 1. The fraction of sp³-hybridized carbons (Fsp3) is 0. The standard InChI is InChI=1S/C12H6BrClN2O5/c13-6-1-2-9(8(5-6)16(19)20)21-11-10(14)7(12(17)18)3-4-15-11/h1-5H,(H,17,18). The highest BCUT2D eigenvalue weighted by Crippen LogP contribution is 2.36. The first kappa shape index (κ1) is 15.2. The van der Waals surface area contributed by atoms with E-state index >= 15 is 0 Å². The van der Waals surface area contributed by atoms with Crippen LogP contribution in [0.2, 0.25) is 5.02 Å². The minimum Gasteiger partial charge on any atom is -0.478 e. The second-order valence-corrected chi connectivity index (χ2v) is 5.05. The smallest absolute Gasteiger partial charge is 0.337 e. The first-order valence-corrected chi connectivity index (χ1v) is 6.57. The number of halogens is 2. The summed E-state index contributed by atoms with van der Waals surface area (Å²) >= 11 is 8.99. The fourth-order valence-electron chi connectivity index (χ4n) is 1.48. The highest BCUT2D eigenvalue weighted by Gasteiger charge is 2.20. The van der Waals surface area contributed by atoms with Crippen LogP contribution in [-0.4, -0.2) is 21.0 Å². The van der Waals surface area contributed by atoms with Crippen molar-refractivity contribution in [1.29, 1.82) is 0 Å². The predicted octanol–water partition coefficient (Wildman–Crippen LogP) is 3.90. The number of aromatic carboxylic acids is 1. The van der Waals surface area contributed by atoms with Crippen LogP contribution < -0.4 is 4.74 Å². The fourth-order valence-corrected chi connectivity index (χ4v) is 2.06. The molecule has 0 saturated heterocycles. The molecule has 0 amide bonds. The summed E-state index contributed by atoms with van der Waals surface area (Å²) in [4.78, 5) is 25.1. The zero-order chi connectivity index (χ0) is 15.6. The molecule has 1 heterocycles. The molecule has 1 aromatic carbocycles. The number of carboxylic acid groups (broad SMARTS) is 1. The average molecular weight is 374 g/mol. The van der Waals surface area contributed by atoms with E-state index < -0.39 is 10.9 Å². The highest BCUT2D eigenvalue weighted by molar-refractivity contribution is 9.10. The lowest BCUT2D eigenvalue weighted by molar-refractivity contribution is -0.385. The predicted molar refractivity (Wildman–Crippen MR) is 77.1 cm³/mol. The third-order valence-electron chi connectivity index (χ3n) is 2.41. The van der Waals surface area contributed by atoms with Gasteiger partial charge >= 0.3 is 11.7 Å². The number of ether oxygens (including phenoxy) is 1. The van der Waals surface area contributed by atoms with Gasteiger partial charge < -0.3 is 9.84 Å². The quantitative estimate of drug-likeness (QED) is 0.644. The molecule has 1 aromatic heterocycles. The van der Waals surface area contributed by atoms with Gasteiger partial charge in [-0.1, -0.05) is 27.5 Å². The summed E-state index contributed by atoms with van der Waals surface area (Å²) in [5.41, 5.74) is -0.510. The Morgan fingerprint density at radius 2 is 2.14 bits per heavy atom. The van der Waals surface area contributed by atoms with E-state index in [4.69, 9.17) is 21.4 Å². The van der Waals surface area contributed by atoms with Crippen LogP contribution in [0.15, 0.2) is 34.9 Å². The Kier molecular flexibility index (Phi) is 4.39. The number of pyridine rings is 1. The summed E-state index contributed by atoms with van der Waals surface area (Å²) < 4.78 is 5.78. The Hall–Kier alpha value is -2.19. The number of carbonyl (C=O) groups is 1. The summed E-state index contributed by atoms with van der Waals surface area (Å²) in [6.07, 6.45) is 1.19. The molecule has 0 fully saturated rings. The zero-order valence-electron chi connectivity index (χ0n) is 10.1. The van der Waals surface area contributed by atoms with Gasteiger partial charge in [0.15, 0.2) is 0 Å². The van der Waals surface area contributed by atoms with Crippen molar-refractivity contribution in [3.05, 3.63) is 55.6 Å². The summed E-state index contributed by atoms with van der Waals surface area (Å²) in [6, 6.07) is 5.35.